The van der Waals surface area contributed by atoms with Crippen LogP contribution in [0.5, 0.6) is 0 Å². The Balaban J connectivity index is 1.50. The molecule has 0 saturated carbocycles. The third kappa shape index (κ3) is 3.96. The Hall–Kier alpha value is -3.49. The average Bonchev–Trinajstić information content (AvgIpc) is 3.36. The molecule has 0 radical (unpaired) electrons. The first-order valence-electron chi connectivity index (χ1n) is 9.78. The molecule has 1 aliphatic rings. The number of aromatic nitrogens is 4. The Kier molecular flexibility index (Phi) is 5.35. The third-order valence-corrected chi connectivity index (χ3v) is 5.10. The molecule has 1 aromatic carbocycles. The second-order valence-electron chi connectivity index (χ2n) is 7.56. The van der Waals surface area contributed by atoms with Gasteiger partial charge < -0.3 is 10.1 Å². The van der Waals surface area contributed by atoms with Crippen molar-refractivity contribution in [3.8, 4) is 5.69 Å². The van der Waals surface area contributed by atoms with E-state index in [1.807, 2.05) is 27.0 Å². The minimum Gasteiger partial charge on any atom is -0.447 e. The van der Waals surface area contributed by atoms with Crippen molar-refractivity contribution < 1.29 is 13.9 Å². The highest BCUT2D eigenvalue weighted by molar-refractivity contribution is 5.89. The van der Waals surface area contributed by atoms with Gasteiger partial charge in [-0.2, -0.15) is 10.1 Å². The fourth-order valence-electron chi connectivity index (χ4n) is 3.32. The maximum atomic E-state index is 13.1. The number of cyclic esters (lactones) is 1. The van der Waals surface area contributed by atoms with Gasteiger partial charge in [-0.05, 0) is 43.2 Å². The number of nitrogens with one attached hydrogen (secondary N) is 1. The van der Waals surface area contributed by atoms with Gasteiger partial charge in [0.15, 0.2) is 0 Å². The second kappa shape index (κ2) is 8.10. The van der Waals surface area contributed by atoms with E-state index in [4.69, 9.17) is 4.74 Å². The molecule has 4 rings (SSSR count). The summed E-state index contributed by atoms with van der Waals surface area (Å²) in [5, 5.41) is 7.58. The molecule has 30 heavy (non-hydrogen) atoms. The number of ether oxygens (including phenoxy) is 1. The van der Waals surface area contributed by atoms with Crippen LogP contribution in [0.2, 0.25) is 0 Å². The Bertz CT molecular complexity index is 1040. The van der Waals surface area contributed by atoms with Crippen LogP contribution in [0.25, 0.3) is 5.69 Å². The van der Waals surface area contributed by atoms with Crippen LogP contribution < -0.4 is 10.2 Å². The summed E-state index contributed by atoms with van der Waals surface area (Å²) in [7, 11) is 0. The first-order chi connectivity index (χ1) is 14.4. The summed E-state index contributed by atoms with van der Waals surface area (Å²) in [6.07, 6.45) is 4.81. The number of hydrogen-bond acceptors (Lipinski definition) is 6. The van der Waals surface area contributed by atoms with E-state index in [-0.39, 0.29) is 23.8 Å². The molecule has 156 valence electrons. The molecular formula is C21H23FN6O2. The molecule has 1 amide bonds. The van der Waals surface area contributed by atoms with E-state index < -0.39 is 6.09 Å². The van der Waals surface area contributed by atoms with E-state index in [1.54, 1.807) is 40.2 Å². The van der Waals surface area contributed by atoms with Gasteiger partial charge in [0, 0.05) is 18.0 Å². The summed E-state index contributed by atoms with van der Waals surface area (Å²) >= 11 is 0. The maximum Gasteiger partial charge on any atom is 0.415 e. The van der Waals surface area contributed by atoms with Gasteiger partial charge in [0.2, 0.25) is 5.95 Å². The zero-order chi connectivity index (χ0) is 21.3. The predicted molar refractivity (Wildman–Crippen MR) is 110 cm³/mol. The molecule has 8 nitrogen and oxygen atoms in total. The van der Waals surface area contributed by atoms with E-state index in [1.165, 1.54) is 12.1 Å². The summed E-state index contributed by atoms with van der Waals surface area (Å²) in [4.78, 5) is 22.6. The van der Waals surface area contributed by atoms with E-state index in [9.17, 15) is 9.18 Å². The maximum absolute atomic E-state index is 13.1. The topological polar surface area (TPSA) is 85.2 Å². The molecule has 1 fully saturated rings. The quantitative estimate of drug-likeness (QED) is 0.662. The Morgan fingerprint density at radius 2 is 1.97 bits per heavy atom. The van der Waals surface area contributed by atoms with Gasteiger partial charge in [0.1, 0.15) is 18.2 Å². The standard InChI is InChI=1S/C21H23FN6O2/c1-13(2)18-12-30-21(29)28(18)19-8-9-23-20(26-19)25-14(3)15-10-24-27(11-15)17-6-4-16(22)5-7-17/h4-11,13-14,18H,12H2,1-3H3,(H,23,25,26)/t14-,18?/m0/s1. The van der Waals surface area contributed by atoms with E-state index in [2.05, 4.69) is 20.4 Å². The second-order valence-corrected chi connectivity index (χ2v) is 7.56. The van der Waals surface area contributed by atoms with Crippen molar-refractivity contribution >= 4 is 17.9 Å². The average molecular weight is 410 g/mol. The highest BCUT2D eigenvalue weighted by Crippen LogP contribution is 2.26. The van der Waals surface area contributed by atoms with Gasteiger partial charge >= 0.3 is 6.09 Å². The minimum atomic E-state index is -0.396. The molecule has 0 aliphatic carbocycles. The predicted octanol–water partition coefficient (Wildman–Crippen LogP) is 3.96. The monoisotopic (exact) mass is 410 g/mol. The van der Waals surface area contributed by atoms with Crippen LogP contribution in [0.15, 0.2) is 48.9 Å². The van der Waals surface area contributed by atoms with E-state index in [0.29, 0.717) is 18.4 Å². The lowest BCUT2D eigenvalue weighted by Gasteiger charge is -2.23. The first-order valence-corrected chi connectivity index (χ1v) is 9.78. The highest BCUT2D eigenvalue weighted by atomic mass is 19.1. The van der Waals surface area contributed by atoms with Crippen molar-refractivity contribution in [2.24, 2.45) is 5.92 Å². The summed E-state index contributed by atoms with van der Waals surface area (Å²) in [6, 6.07) is 7.61. The lowest BCUT2D eigenvalue weighted by atomic mass is 10.0. The number of halogens is 1. The van der Waals surface area contributed by atoms with Gasteiger partial charge in [0.05, 0.1) is 24.0 Å². The highest BCUT2D eigenvalue weighted by Gasteiger charge is 2.37. The van der Waals surface area contributed by atoms with Gasteiger partial charge in [-0.15, -0.1) is 0 Å². The third-order valence-electron chi connectivity index (χ3n) is 5.10. The molecular weight excluding hydrogens is 387 g/mol. The van der Waals surface area contributed by atoms with Gasteiger partial charge in [-0.1, -0.05) is 13.8 Å². The number of benzene rings is 1. The zero-order valence-electron chi connectivity index (χ0n) is 17.0. The number of nitrogens with zero attached hydrogens (tertiary/aromatic N) is 5. The number of anilines is 2. The van der Waals surface area contributed by atoms with Crippen molar-refractivity contribution in [3.63, 3.8) is 0 Å². The van der Waals surface area contributed by atoms with Gasteiger partial charge in [-0.25, -0.2) is 18.9 Å². The number of hydrogen-bond donors (Lipinski definition) is 1. The molecule has 1 aliphatic heterocycles. The Morgan fingerprint density at radius 1 is 1.20 bits per heavy atom. The van der Waals surface area contributed by atoms with Crippen LogP contribution in [0.1, 0.15) is 32.4 Å². The zero-order valence-corrected chi connectivity index (χ0v) is 17.0. The van der Waals surface area contributed by atoms with E-state index >= 15 is 0 Å². The van der Waals surface area contributed by atoms with E-state index in [0.717, 1.165) is 11.3 Å². The smallest absolute Gasteiger partial charge is 0.415 e. The lowest BCUT2D eigenvalue weighted by molar-refractivity contribution is 0.177. The van der Waals surface area contributed by atoms with Crippen LogP contribution in [0.4, 0.5) is 21.0 Å². The minimum absolute atomic E-state index is 0.0633. The molecule has 0 spiro atoms. The van der Waals surface area contributed by atoms with Crippen molar-refractivity contribution in [2.75, 3.05) is 16.8 Å². The van der Waals surface area contributed by atoms with Gasteiger partial charge in [-0.3, -0.25) is 4.90 Å². The molecule has 2 atom stereocenters. The SMILES string of the molecule is CC(C)C1COC(=O)N1c1ccnc(N[C@@H](C)c2cnn(-c3ccc(F)cc3)c2)n1. The Morgan fingerprint density at radius 3 is 2.70 bits per heavy atom. The van der Waals surface area contributed by atoms with Crippen LogP contribution in [-0.2, 0) is 4.74 Å². The molecule has 2 aromatic heterocycles. The van der Waals surface area contributed by atoms with Crippen LogP contribution in [0, 0.1) is 11.7 Å². The summed E-state index contributed by atoms with van der Waals surface area (Å²) in [5.74, 6) is 0.846. The number of rotatable bonds is 6. The summed E-state index contributed by atoms with van der Waals surface area (Å²) in [5.41, 5.74) is 1.68. The van der Waals surface area contributed by atoms with Crippen LogP contribution in [-0.4, -0.2) is 38.5 Å². The van der Waals surface area contributed by atoms with Crippen LogP contribution in [0.3, 0.4) is 0 Å². The molecule has 3 heterocycles. The molecule has 1 N–H and O–H groups in total. The van der Waals surface area contributed by atoms with Crippen molar-refractivity contribution in [3.05, 3.63) is 60.3 Å². The van der Waals surface area contributed by atoms with Crippen molar-refractivity contribution in [1.82, 2.24) is 19.7 Å². The number of carbonyl (C=O) groups excluding carboxylic acids is 1. The van der Waals surface area contributed by atoms with Crippen molar-refractivity contribution in [1.29, 1.82) is 0 Å². The number of carbonyl (C=O) groups is 1. The summed E-state index contributed by atoms with van der Waals surface area (Å²) in [6.45, 7) is 6.40. The normalized spacial score (nSPS) is 17.3. The molecule has 3 aromatic rings. The molecule has 1 unspecified atom stereocenters. The molecule has 0 bridgehead atoms. The Labute approximate surface area is 173 Å². The van der Waals surface area contributed by atoms with Gasteiger partial charge in [0.25, 0.3) is 0 Å². The fourth-order valence-corrected chi connectivity index (χ4v) is 3.32. The van der Waals surface area contributed by atoms with Crippen LogP contribution >= 0.6 is 0 Å². The largest absolute Gasteiger partial charge is 0.447 e. The lowest BCUT2D eigenvalue weighted by Crippen LogP contribution is -2.37. The molecule has 9 heteroatoms. The first kappa shape index (κ1) is 19.8. The fraction of sp³-hybridized carbons (Fsp3) is 0.333. The number of amides is 1. The summed E-state index contributed by atoms with van der Waals surface area (Å²) < 4.78 is 20.0. The molecule has 1 saturated heterocycles. The van der Waals surface area contributed by atoms with Crippen molar-refractivity contribution in [2.45, 2.75) is 32.9 Å².